The van der Waals surface area contributed by atoms with Crippen LogP contribution in [0, 0.1) is 0 Å². The summed E-state index contributed by atoms with van der Waals surface area (Å²) in [7, 11) is -3.78. The first-order valence-electron chi connectivity index (χ1n) is 6.41. The van der Waals surface area contributed by atoms with Gasteiger partial charge in [-0.3, -0.25) is 0 Å². The lowest BCUT2D eigenvalue weighted by Crippen LogP contribution is -2.36. The van der Waals surface area contributed by atoms with Gasteiger partial charge in [-0.2, -0.15) is 4.31 Å². The molecule has 0 amide bonds. The number of benzene rings is 2. The molecule has 0 aliphatic rings. The van der Waals surface area contributed by atoms with Crippen molar-refractivity contribution in [1.29, 1.82) is 0 Å². The third-order valence-electron chi connectivity index (χ3n) is 3.15. The van der Waals surface area contributed by atoms with Gasteiger partial charge in [0.1, 0.15) is 0 Å². The molecule has 0 heterocycles. The predicted molar refractivity (Wildman–Crippen MR) is 84.6 cm³/mol. The van der Waals surface area contributed by atoms with E-state index in [0.29, 0.717) is 5.39 Å². The maximum absolute atomic E-state index is 12.7. The van der Waals surface area contributed by atoms with Crippen molar-refractivity contribution in [2.45, 2.75) is 4.90 Å². The smallest absolute Gasteiger partial charge is 0.243 e. The Hall–Kier alpha value is -0.990. The van der Waals surface area contributed by atoms with E-state index in [0.717, 1.165) is 14.2 Å². The van der Waals surface area contributed by atoms with E-state index >= 15 is 0 Å². The first kappa shape index (κ1) is 16.4. The van der Waals surface area contributed by atoms with Crippen LogP contribution in [-0.4, -0.2) is 49.2 Å². The van der Waals surface area contributed by atoms with Crippen LogP contribution in [0.5, 0.6) is 0 Å². The summed E-state index contributed by atoms with van der Waals surface area (Å²) in [5.41, 5.74) is 0. The van der Waals surface area contributed by atoms with E-state index < -0.39 is 10.0 Å². The van der Waals surface area contributed by atoms with Crippen LogP contribution in [0.25, 0.3) is 10.8 Å². The van der Waals surface area contributed by atoms with Crippen molar-refractivity contribution in [1.82, 2.24) is 4.31 Å². The molecule has 0 fully saturated rings. The first-order chi connectivity index (χ1) is 10.0. The molecule has 0 saturated carbocycles. The number of fused-ring (bicyclic) bond motifs is 1. The molecule has 0 bridgehead atoms. The number of sulfonamides is 1. The van der Waals surface area contributed by atoms with Crippen LogP contribution in [0.3, 0.4) is 0 Å². The molecule has 7 heteroatoms. The topological polar surface area (TPSA) is 77.8 Å². The molecule has 114 valence electrons. The van der Waals surface area contributed by atoms with Crippen LogP contribution < -0.4 is 0 Å². The van der Waals surface area contributed by atoms with Crippen LogP contribution in [0.15, 0.2) is 45.8 Å². The monoisotopic (exact) mass is 373 g/mol. The molecule has 2 aromatic carbocycles. The molecule has 0 atom stereocenters. The Balaban J connectivity index is 2.62. The van der Waals surface area contributed by atoms with Gasteiger partial charge in [-0.1, -0.05) is 40.2 Å². The Morgan fingerprint density at radius 3 is 2.10 bits per heavy atom. The zero-order chi connectivity index (χ0) is 15.5. The molecule has 2 aromatic rings. The van der Waals surface area contributed by atoms with E-state index in [9.17, 15) is 8.42 Å². The molecule has 0 spiro atoms. The van der Waals surface area contributed by atoms with Crippen molar-refractivity contribution in [3.63, 3.8) is 0 Å². The second-order valence-corrected chi connectivity index (χ2v) is 7.20. The van der Waals surface area contributed by atoms with Gasteiger partial charge in [0.15, 0.2) is 0 Å². The summed E-state index contributed by atoms with van der Waals surface area (Å²) in [6.07, 6.45) is 0. The van der Waals surface area contributed by atoms with Crippen molar-refractivity contribution >= 4 is 36.7 Å². The Morgan fingerprint density at radius 1 is 0.952 bits per heavy atom. The number of aliphatic hydroxyl groups excluding tert-OH is 2. The molecule has 0 saturated heterocycles. The molecule has 0 radical (unpaired) electrons. The average molecular weight is 374 g/mol. The quantitative estimate of drug-likeness (QED) is 0.805. The lowest BCUT2D eigenvalue weighted by Gasteiger charge is -2.21. The summed E-state index contributed by atoms with van der Waals surface area (Å²) in [6.45, 7) is -0.693. The molecule has 2 rings (SSSR count). The fourth-order valence-corrected chi connectivity index (χ4v) is 4.27. The second-order valence-electron chi connectivity index (χ2n) is 4.44. The largest absolute Gasteiger partial charge is 0.395 e. The summed E-state index contributed by atoms with van der Waals surface area (Å²) in [6, 6.07) is 10.4. The molecule has 21 heavy (non-hydrogen) atoms. The molecule has 5 nitrogen and oxygen atoms in total. The van der Waals surface area contributed by atoms with Gasteiger partial charge in [-0.05, 0) is 17.5 Å². The number of aliphatic hydroxyl groups is 2. The third kappa shape index (κ3) is 3.27. The van der Waals surface area contributed by atoms with E-state index in [1.165, 1.54) is 6.07 Å². The molecular weight excluding hydrogens is 358 g/mol. The summed E-state index contributed by atoms with van der Waals surface area (Å²) >= 11 is 3.41. The van der Waals surface area contributed by atoms with E-state index in [1.807, 2.05) is 12.1 Å². The highest BCUT2D eigenvalue weighted by Gasteiger charge is 2.25. The lowest BCUT2D eigenvalue weighted by atomic mass is 10.1. The SMILES string of the molecule is O=S(=O)(c1ccc(Br)c2ccccc12)N(CCO)CCO. The summed E-state index contributed by atoms with van der Waals surface area (Å²) < 4.78 is 27.4. The average Bonchev–Trinajstić information content (AvgIpc) is 2.47. The van der Waals surface area contributed by atoms with Gasteiger partial charge in [0, 0.05) is 22.9 Å². The minimum Gasteiger partial charge on any atom is -0.395 e. The van der Waals surface area contributed by atoms with Crippen molar-refractivity contribution in [3.8, 4) is 0 Å². The Kier molecular flexibility index (Phi) is 5.34. The van der Waals surface area contributed by atoms with E-state index in [4.69, 9.17) is 10.2 Å². The molecule has 0 unspecified atom stereocenters. The fraction of sp³-hybridized carbons (Fsp3) is 0.286. The molecule has 0 aliphatic carbocycles. The van der Waals surface area contributed by atoms with Gasteiger partial charge in [0.2, 0.25) is 10.0 Å². The highest BCUT2D eigenvalue weighted by molar-refractivity contribution is 9.10. The van der Waals surface area contributed by atoms with Crippen molar-refractivity contribution < 1.29 is 18.6 Å². The molecular formula is C14H16BrNO4S. The standard InChI is InChI=1S/C14H16BrNO4S/c15-13-5-6-14(12-4-2-1-3-11(12)13)21(19,20)16(7-9-17)8-10-18/h1-6,17-18H,7-10H2. The first-order valence-corrected chi connectivity index (χ1v) is 8.65. The Labute approximate surface area is 132 Å². The van der Waals surface area contributed by atoms with Crippen LogP contribution >= 0.6 is 15.9 Å². The van der Waals surface area contributed by atoms with Crippen molar-refractivity contribution in [3.05, 3.63) is 40.9 Å². The van der Waals surface area contributed by atoms with Crippen LogP contribution in [0.4, 0.5) is 0 Å². The normalized spacial score (nSPS) is 12.2. The number of halogens is 1. The van der Waals surface area contributed by atoms with Crippen LogP contribution in [0.1, 0.15) is 0 Å². The Bertz CT molecular complexity index is 727. The van der Waals surface area contributed by atoms with Gasteiger partial charge < -0.3 is 10.2 Å². The van der Waals surface area contributed by atoms with Crippen LogP contribution in [0.2, 0.25) is 0 Å². The summed E-state index contributed by atoms with van der Waals surface area (Å²) in [5, 5.41) is 19.5. The van der Waals surface area contributed by atoms with Gasteiger partial charge >= 0.3 is 0 Å². The minimum atomic E-state index is -3.78. The van der Waals surface area contributed by atoms with E-state index in [2.05, 4.69) is 15.9 Å². The summed E-state index contributed by atoms with van der Waals surface area (Å²) in [4.78, 5) is 0.170. The predicted octanol–water partition coefficient (Wildman–Crippen LogP) is 1.58. The Morgan fingerprint density at radius 2 is 1.52 bits per heavy atom. The maximum Gasteiger partial charge on any atom is 0.243 e. The number of hydrogen-bond donors (Lipinski definition) is 2. The summed E-state index contributed by atoms with van der Waals surface area (Å²) in [5.74, 6) is 0. The molecule has 0 aromatic heterocycles. The van der Waals surface area contributed by atoms with Crippen molar-refractivity contribution in [2.75, 3.05) is 26.3 Å². The van der Waals surface area contributed by atoms with E-state index in [1.54, 1.807) is 18.2 Å². The zero-order valence-corrected chi connectivity index (χ0v) is 13.6. The minimum absolute atomic E-state index is 0.0483. The van der Waals surface area contributed by atoms with Gasteiger partial charge in [-0.15, -0.1) is 0 Å². The van der Waals surface area contributed by atoms with Gasteiger partial charge in [0.05, 0.1) is 18.1 Å². The fourth-order valence-electron chi connectivity index (χ4n) is 2.17. The zero-order valence-electron chi connectivity index (χ0n) is 11.2. The van der Waals surface area contributed by atoms with Gasteiger partial charge in [0.25, 0.3) is 0 Å². The highest BCUT2D eigenvalue weighted by atomic mass is 79.9. The second kappa shape index (κ2) is 6.85. The number of rotatable bonds is 6. The third-order valence-corrected chi connectivity index (χ3v) is 5.80. The van der Waals surface area contributed by atoms with E-state index in [-0.39, 0.29) is 31.2 Å². The molecule has 2 N–H and O–H groups in total. The molecule has 0 aliphatic heterocycles. The highest BCUT2D eigenvalue weighted by Crippen LogP contribution is 2.30. The number of nitrogens with zero attached hydrogens (tertiary/aromatic N) is 1. The number of hydrogen-bond acceptors (Lipinski definition) is 4. The van der Waals surface area contributed by atoms with Crippen LogP contribution in [-0.2, 0) is 10.0 Å². The maximum atomic E-state index is 12.7. The van der Waals surface area contributed by atoms with Gasteiger partial charge in [-0.25, -0.2) is 8.42 Å². The van der Waals surface area contributed by atoms with Crippen molar-refractivity contribution in [2.24, 2.45) is 0 Å². The lowest BCUT2D eigenvalue weighted by molar-refractivity contribution is 0.217.